The number of rotatable bonds is 4. The van der Waals surface area contributed by atoms with Crippen molar-refractivity contribution in [1.29, 1.82) is 0 Å². The Bertz CT molecular complexity index is 1110. The summed E-state index contributed by atoms with van der Waals surface area (Å²) in [6, 6.07) is 5.34. The van der Waals surface area contributed by atoms with Gasteiger partial charge in [0.25, 0.3) is 5.56 Å². The normalized spacial score (nSPS) is 17.9. The van der Waals surface area contributed by atoms with Gasteiger partial charge in [-0.3, -0.25) is 4.79 Å². The predicted octanol–water partition coefficient (Wildman–Crippen LogP) is 2.11. The maximum atomic E-state index is 12.7. The topological polar surface area (TPSA) is 99.2 Å². The van der Waals surface area contributed by atoms with E-state index in [0.29, 0.717) is 17.1 Å². The molecule has 156 valence electrons. The van der Waals surface area contributed by atoms with Crippen molar-refractivity contribution in [1.82, 2.24) is 25.1 Å². The Morgan fingerprint density at radius 3 is 2.73 bits per heavy atom. The maximum Gasteiger partial charge on any atom is 0.269 e. The fraction of sp³-hybridized carbons (Fsp3) is 0.476. The highest BCUT2D eigenvalue weighted by atomic mass is 16.5. The molecule has 2 fully saturated rings. The van der Waals surface area contributed by atoms with Crippen molar-refractivity contribution < 1.29 is 9.26 Å². The van der Waals surface area contributed by atoms with Gasteiger partial charge in [-0.05, 0) is 45.2 Å². The lowest BCUT2D eigenvalue weighted by molar-refractivity contribution is -0.0949. The van der Waals surface area contributed by atoms with Crippen molar-refractivity contribution in [3.8, 4) is 11.4 Å². The van der Waals surface area contributed by atoms with Gasteiger partial charge < -0.3 is 14.2 Å². The van der Waals surface area contributed by atoms with Crippen LogP contribution in [0.4, 0.5) is 5.69 Å². The van der Waals surface area contributed by atoms with Crippen LogP contribution in [0.2, 0.25) is 0 Å². The molecule has 0 unspecified atom stereocenters. The Morgan fingerprint density at radius 1 is 1.17 bits per heavy atom. The monoisotopic (exact) mass is 408 g/mol. The highest BCUT2D eigenvalue weighted by Crippen LogP contribution is 2.36. The summed E-state index contributed by atoms with van der Waals surface area (Å²) in [5, 5.41) is 16.8. The number of aryl methyl sites for hydroxylation is 2. The summed E-state index contributed by atoms with van der Waals surface area (Å²) in [7, 11) is 0. The molecule has 9 nitrogen and oxygen atoms in total. The van der Waals surface area contributed by atoms with E-state index >= 15 is 0 Å². The first-order valence-electron chi connectivity index (χ1n) is 10.2. The van der Waals surface area contributed by atoms with Crippen molar-refractivity contribution in [2.24, 2.45) is 0 Å². The summed E-state index contributed by atoms with van der Waals surface area (Å²) >= 11 is 0. The van der Waals surface area contributed by atoms with Crippen molar-refractivity contribution >= 4 is 5.69 Å². The molecular weight excluding hydrogens is 384 g/mol. The number of aromatic nitrogens is 5. The first-order chi connectivity index (χ1) is 14.5. The molecule has 0 atom stereocenters. The quantitative estimate of drug-likeness (QED) is 0.647. The molecule has 0 bridgehead atoms. The lowest BCUT2D eigenvalue weighted by Gasteiger charge is -2.52. The average Bonchev–Trinajstić information content (AvgIpc) is 3.09. The zero-order valence-electron chi connectivity index (χ0n) is 17.2. The number of anilines is 1. The Hall–Kier alpha value is -3.07. The SMILES string of the molecule is Cc1ccc(-c2noc(C)c2Cn2ncc(N3CC4(CCCCO4)C3)cc2=O)nn1. The number of hydrogen-bond donors (Lipinski definition) is 0. The highest BCUT2D eigenvalue weighted by molar-refractivity contribution is 5.58. The molecule has 0 radical (unpaired) electrons. The fourth-order valence-corrected chi connectivity index (χ4v) is 4.16. The van der Waals surface area contributed by atoms with Crippen LogP contribution in [0.1, 0.15) is 36.3 Å². The van der Waals surface area contributed by atoms with Crippen molar-refractivity contribution in [3.05, 3.63) is 51.8 Å². The standard InChI is InChI=1S/C21H24N6O3/c1-14-5-6-18(24-23-14)20-17(15(2)30-25-20)11-27-19(28)9-16(10-22-27)26-12-21(13-26)7-3-4-8-29-21/h5-6,9-10H,3-4,7-8,11-13H2,1-2H3. The second-order valence-corrected chi connectivity index (χ2v) is 8.18. The van der Waals surface area contributed by atoms with E-state index in [0.717, 1.165) is 49.5 Å². The van der Waals surface area contributed by atoms with Crippen LogP contribution < -0.4 is 10.5 Å². The van der Waals surface area contributed by atoms with Crippen LogP contribution in [0.25, 0.3) is 11.4 Å². The number of nitrogens with zero attached hydrogens (tertiary/aromatic N) is 6. The average molecular weight is 408 g/mol. The second-order valence-electron chi connectivity index (χ2n) is 8.18. The zero-order valence-corrected chi connectivity index (χ0v) is 17.2. The summed E-state index contributed by atoms with van der Waals surface area (Å²) in [5.74, 6) is 0.629. The maximum absolute atomic E-state index is 12.7. The van der Waals surface area contributed by atoms with Crippen LogP contribution in [0.3, 0.4) is 0 Å². The first-order valence-corrected chi connectivity index (χ1v) is 10.2. The van der Waals surface area contributed by atoms with E-state index in [4.69, 9.17) is 9.26 Å². The molecule has 0 N–H and O–H groups in total. The van der Waals surface area contributed by atoms with E-state index in [1.54, 1.807) is 12.3 Å². The largest absolute Gasteiger partial charge is 0.371 e. The van der Waals surface area contributed by atoms with Gasteiger partial charge in [-0.1, -0.05) is 5.16 Å². The molecule has 0 aliphatic carbocycles. The van der Waals surface area contributed by atoms with Gasteiger partial charge in [-0.2, -0.15) is 10.2 Å². The molecule has 9 heteroatoms. The minimum Gasteiger partial charge on any atom is -0.371 e. The molecule has 2 aliphatic heterocycles. The van der Waals surface area contributed by atoms with Crippen LogP contribution in [0.5, 0.6) is 0 Å². The van der Waals surface area contributed by atoms with Gasteiger partial charge in [0.2, 0.25) is 0 Å². The summed E-state index contributed by atoms with van der Waals surface area (Å²) in [5.41, 5.74) is 3.42. The van der Waals surface area contributed by atoms with Gasteiger partial charge in [0.05, 0.1) is 24.1 Å². The fourth-order valence-electron chi connectivity index (χ4n) is 4.16. The Balaban J connectivity index is 1.35. The Morgan fingerprint density at radius 2 is 2.03 bits per heavy atom. The molecule has 5 heterocycles. The molecule has 0 saturated carbocycles. The van der Waals surface area contributed by atoms with Crippen LogP contribution >= 0.6 is 0 Å². The molecule has 0 aromatic carbocycles. The number of ether oxygens (including phenoxy) is 1. The van der Waals surface area contributed by atoms with Crippen LogP contribution in [0.15, 0.2) is 33.7 Å². The smallest absolute Gasteiger partial charge is 0.269 e. The van der Waals surface area contributed by atoms with Gasteiger partial charge in [0.15, 0.2) is 0 Å². The molecular formula is C21H24N6O3. The van der Waals surface area contributed by atoms with Crippen LogP contribution in [-0.4, -0.2) is 50.4 Å². The molecule has 0 amide bonds. The second kappa shape index (κ2) is 7.32. The molecule has 5 rings (SSSR count). The lowest BCUT2D eigenvalue weighted by atomic mass is 9.86. The van der Waals surface area contributed by atoms with Gasteiger partial charge >= 0.3 is 0 Å². The molecule has 3 aromatic heterocycles. The Labute approximate surface area is 173 Å². The minimum absolute atomic E-state index is 0.0311. The predicted molar refractivity (Wildman–Crippen MR) is 109 cm³/mol. The lowest BCUT2D eigenvalue weighted by Crippen LogP contribution is -2.64. The third-order valence-electron chi connectivity index (χ3n) is 5.95. The highest BCUT2D eigenvalue weighted by Gasteiger charge is 2.45. The van der Waals surface area contributed by atoms with E-state index in [1.807, 2.05) is 26.0 Å². The summed E-state index contributed by atoms with van der Waals surface area (Å²) < 4.78 is 12.8. The van der Waals surface area contributed by atoms with Gasteiger partial charge in [-0.25, -0.2) is 4.68 Å². The third kappa shape index (κ3) is 3.39. The van der Waals surface area contributed by atoms with Gasteiger partial charge in [0, 0.05) is 31.3 Å². The molecule has 30 heavy (non-hydrogen) atoms. The zero-order chi connectivity index (χ0) is 20.7. The van der Waals surface area contributed by atoms with Crippen LogP contribution in [-0.2, 0) is 11.3 Å². The summed E-state index contributed by atoms with van der Waals surface area (Å²) in [6.07, 6.45) is 5.17. The van der Waals surface area contributed by atoms with E-state index in [1.165, 1.54) is 11.1 Å². The molecule has 2 aliphatic rings. The van der Waals surface area contributed by atoms with E-state index in [2.05, 4.69) is 25.4 Å². The molecule has 1 spiro atoms. The van der Waals surface area contributed by atoms with E-state index in [9.17, 15) is 4.79 Å². The minimum atomic E-state index is -0.167. The van der Waals surface area contributed by atoms with E-state index < -0.39 is 0 Å². The van der Waals surface area contributed by atoms with Gasteiger partial charge in [0.1, 0.15) is 22.7 Å². The molecule has 3 aromatic rings. The van der Waals surface area contributed by atoms with Crippen molar-refractivity contribution in [2.45, 2.75) is 45.3 Å². The third-order valence-corrected chi connectivity index (χ3v) is 5.95. The Kier molecular flexibility index (Phi) is 4.62. The van der Waals surface area contributed by atoms with Gasteiger partial charge in [-0.15, -0.1) is 5.10 Å². The first kappa shape index (κ1) is 18.9. The summed E-state index contributed by atoms with van der Waals surface area (Å²) in [4.78, 5) is 14.9. The molecule has 2 saturated heterocycles. The van der Waals surface area contributed by atoms with Crippen molar-refractivity contribution in [2.75, 3.05) is 24.6 Å². The van der Waals surface area contributed by atoms with Crippen LogP contribution in [0, 0.1) is 13.8 Å². The van der Waals surface area contributed by atoms with E-state index in [-0.39, 0.29) is 17.7 Å². The summed E-state index contributed by atoms with van der Waals surface area (Å²) in [6.45, 7) is 6.41. The van der Waals surface area contributed by atoms with Crippen molar-refractivity contribution in [3.63, 3.8) is 0 Å². The number of hydrogen-bond acceptors (Lipinski definition) is 8.